The number of benzene rings is 2. The van der Waals surface area contributed by atoms with Crippen molar-refractivity contribution < 1.29 is 41.7 Å². The highest BCUT2D eigenvalue weighted by atomic mass is 19.4. The molecule has 8 nitrogen and oxygen atoms in total. The average Bonchev–Trinajstić information content (AvgIpc) is 3.35. The Hall–Kier alpha value is -3.99. The van der Waals surface area contributed by atoms with Gasteiger partial charge in [0.2, 0.25) is 5.91 Å². The minimum atomic E-state index is -4.82. The van der Waals surface area contributed by atoms with Gasteiger partial charge in [-0.25, -0.2) is 0 Å². The van der Waals surface area contributed by atoms with E-state index in [1.54, 1.807) is 13.2 Å². The van der Waals surface area contributed by atoms with Gasteiger partial charge in [0, 0.05) is 38.2 Å². The minimum absolute atomic E-state index is 0.107. The smallest absolute Gasteiger partial charge is 0.493 e. The van der Waals surface area contributed by atoms with E-state index in [1.807, 2.05) is 30.9 Å². The molecule has 0 unspecified atom stereocenters. The van der Waals surface area contributed by atoms with Gasteiger partial charge in [0.1, 0.15) is 17.5 Å². The van der Waals surface area contributed by atoms with Crippen molar-refractivity contribution in [2.45, 2.75) is 82.0 Å². The van der Waals surface area contributed by atoms with Crippen LogP contribution in [-0.4, -0.2) is 78.6 Å². The molecule has 4 aliphatic rings. The van der Waals surface area contributed by atoms with Gasteiger partial charge < -0.3 is 23.8 Å². The van der Waals surface area contributed by atoms with Gasteiger partial charge in [-0.3, -0.25) is 14.5 Å². The van der Waals surface area contributed by atoms with Gasteiger partial charge in [-0.05, 0) is 67.0 Å². The van der Waals surface area contributed by atoms with Crippen molar-refractivity contribution in [1.82, 2.24) is 9.80 Å². The third kappa shape index (κ3) is 5.56. The van der Waals surface area contributed by atoms with Gasteiger partial charge >= 0.3 is 12.3 Å². The summed E-state index contributed by atoms with van der Waals surface area (Å²) in [6.07, 6.45) is 1.77. The normalized spacial score (nSPS) is 27.6. The first-order valence-corrected chi connectivity index (χ1v) is 16.1. The Morgan fingerprint density at radius 3 is 2.68 bits per heavy atom. The van der Waals surface area contributed by atoms with E-state index in [0.717, 1.165) is 17.7 Å². The molecular formula is C36H41F3N2O6. The quantitative estimate of drug-likeness (QED) is 0.175. The van der Waals surface area contributed by atoms with Crippen LogP contribution >= 0.6 is 0 Å². The van der Waals surface area contributed by atoms with Crippen molar-refractivity contribution in [2.75, 3.05) is 26.7 Å². The molecule has 1 saturated carbocycles. The van der Waals surface area contributed by atoms with Gasteiger partial charge in [0.25, 0.3) is 0 Å². The number of methoxy groups -OCH3 is 1. The minimum Gasteiger partial charge on any atom is -0.493 e. The molecule has 2 aliphatic heterocycles. The summed E-state index contributed by atoms with van der Waals surface area (Å²) >= 11 is 0. The first-order valence-electron chi connectivity index (χ1n) is 16.1. The summed E-state index contributed by atoms with van der Waals surface area (Å²) in [4.78, 5) is 31.2. The fourth-order valence-electron chi connectivity index (χ4n) is 8.75. The monoisotopic (exact) mass is 654 g/mol. The summed E-state index contributed by atoms with van der Waals surface area (Å²) in [6, 6.07) is 9.00. The molecule has 11 heteroatoms. The van der Waals surface area contributed by atoms with E-state index < -0.39 is 23.5 Å². The van der Waals surface area contributed by atoms with Crippen LogP contribution in [0.5, 0.6) is 17.2 Å². The lowest BCUT2D eigenvalue weighted by Gasteiger charge is -2.65. The Labute approximate surface area is 273 Å². The second-order valence-corrected chi connectivity index (χ2v) is 13.3. The molecular weight excluding hydrogens is 613 g/mol. The molecule has 0 radical (unpaired) electrons. The van der Waals surface area contributed by atoms with E-state index in [0.29, 0.717) is 55.8 Å². The van der Waals surface area contributed by atoms with Crippen LogP contribution in [0.25, 0.3) is 6.08 Å². The summed E-state index contributed by atoms with van der Waals surface area (Å²) in [6.45, 7) is 11.3. The predicted molar refractivity (Wildman–Crippen MR) is 169 cm³/mol. The van der Waals surface area contributed by atoms with E-state index in [2.05, 4.69) is 22.3 Å². The lowest BCUT2D eigenvalue weighted by atomic mass is 9.48. The lowest BCUT2D eigenvalue weighted by Crippen LogP contribution is -2.79. The van der Waals surface area contributed by atoms with Crippen molar-refractivity contribution in [2.24, 2.45) is 5.92 Å². The van der Waals surface area contributed by atoms with Crippen LogP contribution in [0, 0.1) is 5.92 Å². The third-order valence-electron chi connectivity index (χ3n) is 10.2. The molecule has 2 fully saturated rings. The number of hydrogen-bond acceptors (Lipinski definition) is 7. The Bertz CT molecular complexity index is 1590. The number of halogens is 3. The van der Waals surface area contributed by atoms with Crippen LogP contribution in [-0.2, 0) is 26.2 Å². The second kappa shape index (κ2) is 12.2. The maximum Gasteiger partial charge on any atom is 0.573 e. The first kappa shape index (κ1) is 32.9. The number of likely N-dealkylation sites (tertiary alicyclic amines) is 1. The number of carbonyl (C=O) groups is 2. The van der Waals surface area contributed by atoms with Crippen LogP contribution in [0.4, 0.5) is 13.2 Å². The largest absolute Gasteiger partial charge is 0.573 e. The van der Waals surface area contributed by atoms with E-state index in [-0.39, 0.29) is 35.6 Å². The Morgan fingerprint density at radius 1 is 1.21 bits per heavy atom. The molecule has 0 N–H and O–H groups in total. The standard InChI is InChI=1S/C36H41F3N2O6/c1-6-17-40-18-16-34-31-25-11-12-28(44-5)32(31)45-33(34)27(14-15-35(34,29(40)20-25)46-23(4)42)41(21-22(2)3)30(43)13-10-24-8-7-9-26(19-24)47-36(37,38)39/h6-13,19,22,27,29,33H,1,14-18,20-21H2,2-5H3/t27-,29-,33+,34+,35-/m1/s1. The first-order chi connectivity index (χ1) is 22.3. The zero-order valence-electron chi connectivity index (χ0n) is 27.1. The molecule has 1 saturated heterocycles. The molecule has 2 heterocycles. The van der Waals surface area contributed by atoms with Gasteiger partial charge in [-0.15, -0.1) is 19.8 Å². The Kier molecular flexibility index (Phi) is 8.57. The Morgan fingerprint density at radius 2 is 2.00 bits per heavy atom. The molecule has 2 aromatic rings. The van der Waals surface area contributed by atoms with Gasteiger partial charge in [-0.1, -0.05) is 38.1 Å². The Balaban J connectivity index is 1.42. The summed E-state index contributed by atoms with van der Waals surface area (Å²) in [5.41, 5.74) is 0.894. The molecule has 6 rings (SSSR count). The van der Waals surface area contributed by atoms with Crippen molar-refractivity contribution >= 4 is 18.0 Å². The molecule has 252 valence electrons. The van der Waals surface area contributed by atoms with Gasteiger partial charge in [0.15, 0.2) is 11.5 Å². The third-order valence-corrected chi connectivity index (χ3v) is 10.2. The fraction of sp³-hybridized carbons (Fsp3) is 0.500. The highest BCUT2D eigenvalue weighted by molar-refractivity contribution is 5.92. The van der Waals surface area contributed by atoms with Crippen molar-refractivity contribution in [3.63, 3.8) is 0 Å². The molecule has 1 spiro atoms. The lowest BCUT2D eigenvalue weighted by molar-refractivity contribution is -0.274. The number of carbonyl (C=O) groups excluding carboxylic acids is 2. The van der Waals surface area contributed by atoms with Crippen LogP contribution in [0.3, 0.4) is 0 Å². The van der Waals surface area contributed by atoms with E-state index in [4.69, 9.17) is 14.2 Å². The van der Waals surface area contributed by atoms with Gasteiger partial charge in [-0.2, -0.15) is 0 Å². The van der Waals surface area contributed by atoms with Crippen LogP contribution in [0.1, 0.15) is 56.7 Å². The maximum atomic E-state index is 14.1. The van der Waals surface area contributed by atoms with Crippen LogP contribution in [0.15, 0.2) is 55.1 Å². The number of esters is 1. The van der Waals surface area contributed by atoms with Gasteiger partial charge in [0.05, 0.1) is 24.6 Å². The summed E-state index contributed by atoms with van der Waals surface area (Å²) in [7, 11) is 1.60. The highest BCUT2D eigenvalue weighted by Gasteiger charge is 2.75. The zero-order valence-corrected chi connectivity index (χ0v) is 27.1. The molecule has 2 aromatic carbocycles. The fourth-order valence-corrected chi connectivity index (χ4v) is 8.75. The van der Waals surface area contributed by atoms with E-state index in [1.165, 1.54) is 37.3 Å². The molecule has 2 aliphatic carbocycles. The SMILES string of the molecule is C=CCN1CC[C@]23c4c5ccc(OC)c4O[C@H]2[C@H](N(CC(C)C)C(=O)C=Cc2cccc(OC(F)(F)F)c2)CC[C@@]3(OC(C)=O)[C@H]1C5. The highest BCUT2D eigenvalue weighted by Crippen LogP contribution is 2.67. The number of nitrogens with zero attached hydrogens (tertiary/aromatic N) is 2. The topological polar surface area (TPSA) is 77.5 Å². The van der Waals surface area contributed by atoms with Crippen molar-refractivity contribution in [1.29, 1.82) is 0 Å². The number of piperidine rings is 1. The van der Waals surface area contributed by atoms with Crippen LogP contribution in [0.2, 0.25) is 0 Å². The van der Waals surface area contributed by atoms with Crippen molar-refractivity contribution in [3.8, 4) is 17.2 Å². The number of hydrogen-bond donors (Lipinski definition) is 0. The molecule has 0 aromatic heterocycles. The predicted octanol–water partition coefficient (Wildman–Crippen LogP) is 6.07. The summed E-state index contributed by atoms with van der Waals surface area (Å²) in [5, 5.41) is 0. The molecule has 5 atom stereocenters. The molecule has 1 amide bonds. The van der Waals surface area contributed by atoms with Crippen LogP contribution < -0.4 is 14.2 Å². The summed E-state index contributed by atoms with van der Waals surface area (Å²) < 4.78 is 61.8. The van der Waals surface area contributed by atoms with Crippen molar-refractivity contribution in [3.05, 3.63) is 71.8 Å². The van der Waals surface area contributed by atoms with E-state index >= 15 is 0 Å². The zero-order chi connectivity index (χ0) is 33.7. The average molecular weight is 655 g/mol. The molecule has 2 bridgehead atoms. The second-order valence-electron chi connectivity index (χ2n) is 13.3. The number of amides is 1. The number of ether oxygens (including phenoxy) is 4. The summed E-state index contributed by atoms with van der Waals surface area (Å²) in [5.74, 6) is 0.333. The number of rotatable bonds is 10. The molecule has 47 heavy (non-hydrogen) atoms. The number of alkyl halides is 3. The maximum absolute atomic E-state index is 14.1. The van der Waals surface area contributed by atoms with E-state index in [9.17, 15) is 22.8 Å².